The summed E-state index contributed by atoms with van der Waals surface area (Å²) in [6.07, 6.45) is 1.59. The topological polar surface area (TPSA) is 59.0 Å². The first kappa shape index (κ1) is 14.7. The van der Waals surface area contributed by atoms with E-state index in [4.69, 9.17) is 9.47 Å². The molecule has 2 rings (SSSR count). The van der Waals surface area contributed by atoms with Crippen LogP contribution in [-0.4, -0.2) is 42.3 Å². The van der Waals surface area contributed by atoms with Crippen LogP contribution < -0.4 is 9.47 Å². The first-order chi connectivity index (χ1) is 9.51. The lowest BCUT2D eigenvalue weighted by atomic mass is 9.98. The molecule has 0 aliphatic carbocycles. The summed E-state index contributed by atoms with van der Waals surface area (Å²) in [5.74, 6) is 0.694. The third kappa shape index (κ3) is 2.58. The summed E-state index contributed by atoms with van der Waals surface area (Å²) in [5.41, 5.74) is 0.188. The first-order valence-electron chi connectivity index (χ1n) is 6.70. The van der Waals surface area contributed by atoms with Crippen LogP contribution >= 0.6 is 0 Å². The van der Waals surface area contributed by atoms with Gasteiger partial charge in [0.1, 0.15) is 17.0 Å². The molecule has 20 heavy (non-hydrogen) atoms. The van der Waals surface area contributed by atoms with E-state index in [9.17, 15) is 9.90 Å². The van der Waals surface area contributed by atoms with Crippen LogP contribution in [0.2, 0.25) is 0 Å². The number of methoxy groups -OCH3 is 2. The van der Waals surface area contributed by atoms with Gasteiger partial charge in [0.25, 0.3) is 0 Å². The Morgan fingerprint density at radius 3 is 2.75 bits per heavy atom. The van der Waals surface area contributed by atoms with Gasteiger partial charge in [0.2, 0.25) is 0 Å². The first-order valence-corrected chi connectivity index (χ1v) is 6.70. The third-order valence-corrected chi connectivity index (χ3v) is 4.11. The molecule has 110 valence electrons. The average Bonchev–Trinajstić information content (AvgIpc) is 2.82. The smallest absolute Gasteiger partial charge is 0.323 e. The number of benzene rings is 1. The predicted octanol–water partition coefficient (Wildman–Crippen LogP) is 2.14. The SMILES string of the molecule is COc1ccc(CN2CCCC2(C)C(=O)O)c(OC)c1. The van der Waals surface area contributed by atoms with Gasteiger partial charge in [0, 0.05) is 18.2 Å². The fourth-order valence-corrected chi connectivity index (χ4v) is 2.70. The molecule has 0 aromatic heterocycles. The summed E-state index contributed by atoms with van der Waals surface area (Å²) >= 11 is 0. The van der Waals surface area contributed by atoms with Crippen LogP contribution in [0.3, 0.4) is 0 Å². The van der Waals surface area contributed by atoms with Gasteiger partial charge in [-0.1, -0.05) is 6.07 Å². The highest BCUT2D eigenvalue weighted by molar-refractivity contribution is 5.78. The lowest BCUT2D eigenvalue weighted by Gasteiger charge is -2.31. The highest BCUT2D eigenvalue weighted by atomic mass is 16.5. The number of aliphatic carboxylic acids is 1. The summed E-state index contributed by atoms with van der Waals surface area (Å²) in [4.78, 5) is 13.5. The van der Waals surface area contributed by atoms with E-state index in [-0.39, 0.29) is 0 Å². The minimum Gasteiger partial charge on any atom is -0.497 e. The molecule has 1 aliphatic heterocycles. The molecule has 0 spiro atoms. The highest BCUT2D eigenvalue weighted by Gasteiger charge is 2.43. The minimum absolute atomic E-state index is 0.565. The van der Waals surface area contributed by atoms with Gasteiger partial charge in [0.05, 0.1) is 14.2 Å². The van der Waals surface area contributed by atoms with Crippen LogP contribution in [0.5, 0.6) is 11.5 Å². The highest BCUT2D eigenvalue weighted by Crippen LogP contribution is 2.33. The Morgan fingerprint density at radius 2 is 2.15 bits per heavy atom. The second kappa shape index (κ2) is 5.71. The number of hydrogen-bond acceptors (Lipinski definition) is 4. The van der Waals surface area contributed by atoms with Crippen molar-refractivity contribution in [1.82, 2.24) is 4.90 Å². The van der Waals surface area contributed by atoms with Crippen LogP contribution in [0, 0.1) is 0 Å². The van der Waals surface area contributed by atoms with Crippen molar-refractivity contribution in [3.05, 3.63) is 23.8 Å². The lowest BCUT2D eigenvalue weighted by molar-refractivity contribution is -0.148. The van der Waals surface area contributed by atoms with Crippen molar-refractivity contribution >= 4 is 5.97 Å². The molecule has 0 radical (unpaired) electrons. The Morgan fingerprint density at radius 1 is 1.40 bits per heavy atom. The van der Waals surface area contributed by atoms with Gasteiger partial charge in [-0.15, -0.1) is 0 Å². The Kier molecular flexibility index (Phi) is 4.18. The van der Waals surface area contributed by atoms with Crippen LogP contribution in [0.4, 0.5) is 0 Å². The van der Waals surface area contributed by atoms with E-state index in [1.165, 1.54) is 0 Å². The maximum Gasteiger partial charge on any atom is 0.323 e. The summed E-state index contributed by atoms with van der Waals surface area (Å²) < 4.78 is 10.5. The molecule has 1 N–H and O–H groups in total. The molecule has 1 unspecified atom stereocenters. The quantitative estimate of drug-likeness (QED) is 0.895. The lowest BCUT2D eigenvalue weighted by Crippen LogP contribution is -2.47. The maximum absolute atomic E-state index is 11.5. The number of hydrogen-bond donors (Lipinski definition) is 1. The summed E-state index contributed by atoms with van der Waals surface area (Å²) in [7, 11) is 3.22. The van der Waals surface area contributed by atoms with Crippen LogP contribution in [0.25, 0.3) is 0 Å². The zero-order chi connectivity index (χ0) is 14.8. The van der Waals surface area contributed by atoms with E-state index in [1.807, 2.05) is 23.1 Å². The Hall–Kier alpha value is -1.75. The van der Waals surface area contributed by atoms with Crippen LogP contribution in [0.1, 0.15) is 25.3 Å². The molecular formula is C15H21NO4. The van der Waals surface area contributed by atoms with Crippen molar-refractivity contribution in [2.24, 2.45) is 0 Å². The normalized spacial score (nSPS) is 22.8. The van der Waals surface area contributed by atoms with E-state index in [2.05, 4.69) is 0 Å². The predicted molar refractivity (Wildman–Crippen MR) is 75.2 cm³/mol. The summed E-state index contributed by atoms with van der Waals surface area (Å²) in [5, 5.41) is 9.44. The second-order valence-electron chi connectivity index (χ2n) is 5.28. The Bertz CT molecular complexity index is 503. The van der Waals surface area contributed by atoms with Crippen LogP contribution in [-0.2, 0) is 11.3 Å². The largest absolute Gasteiger partial charge is 0.497 e. The number of nitrogens with zero attached hydrogens (tertiary/aromatic N) is 1. The van der Waals surface area contributed by atoms with Crippen molar-refractivity contribution in [1.29, 1.82) is 0 Å². The van der Waals surface area contributed by atoms with Gasteiger partial charge in [-0.05, 0) is 32.4 Å². The second-order valence-corrected chi connectivity index (χ2v) is 5.28. The molecule has 0 amide bonds. The molecule has 1 aromatic rings. The summed E-state index contributed by atoms with van der Waals surface area (Å²) in [6, 6.07) is 5.62. The number of rotatable bonds is 5. The van der Waals surface area contributed by atoms with E-state index in [1.54, 1.807) is 21.1 Å². The molecule has 5 nitrogen and oxygen atoms in total. The van der Waals surface area contributed by atoms with Gasteiger partial charge in [-0.25, -0.2) is 0 Å². The molecule has 0 bridgehead atoms. The maximum atomic E-state index is 11.5. The number of likely N-dealkylation sites (tertiary alicyclic amines) is 1. The van der Waals surface area contributed by atoms with E-state index in [0.717, 1.165) is 30.0 Å². The number of carbonyl (C=O) groups is 1. The molecule has 1 atom stereocenters. The van der Waals surface area contributed by atoms with E-state index < -0.39 is 11.5 Å². The molecule has 1 aromatic carbocycles. The minimum atomic E-state index is -0.787. The van der Waals surface area contributed by atoms with E-state index >= 15 is 0 Å². The monoisotopic (exact) mass is 279 g/mol. The fraction of sp³-hybridized carbons (Fsp3) is 0.533. The van der Waals surface area contributed by atoms with Crippen molar-refractivity contribution in [3.63, 3.8) is 0 Å². The molecular weight excluding hydrogens is 258 g/mol. The molecule has 1 heterocycles. The standard InChI is InChI=1S/C15H21NO4/c1-15(14(17)18)7-4-8-16(15)10-11-5-6-12(19-2)9-13(11)20-3/h5-6,9H,4,7-8,10H2,1-3H3,(H,17,18). The van der Waals surface area contributed by atoms with Crippen molar-refractivity contribution in [2.45, 2.75) is 31.8 Å². The Labute approximate surface area is 119 Å². The van der Waals surface area contributed by atoms with Crippen LogP contribution in [0.15, 0.2) is 18.2 Å². The zero-order valence-electron chi connectivity index (χ0n) is 12.2. The van der Waals surface area contributed by atoms with Gasteiger partial charge >= 0.3 is 5.97 Å². The number of carboxylic acid groups (broad SMARTS) is 1. The van der Waals surface area contributed by atoms with Gasteiger partial charge < -0.3 is 14.6 Å². The van der Waals surface area contributed by atoms with Gasteiger partial charge in [0.15, 0.2) is 0 Å². The van der Waals surface area contributed by atoms with E-state index in [0.29, 0.717) is 13.0 Å². The van der Waals surface area contributed by atoms with Gasteiger partial charge in [-0.3, -0.25) is 9.69 Å². The molecule has 5 heteroatoms. The van der Waals surface area contributed by atoms with Crippen molar-refractivity contribution in [3.8, 4) is 11.5 Å². The van der Waals surface area contributed by atoms with Crippen molar-refractivity contribution < 1.29 is 19.4 Å². The average molecular weight is 279 g/mol. The summed E-state index contributed by atoms with van der Waals surface area (Å²) in [6.45, 7) is 3.15. The zero-order valence-corrected chi connectivity index (χ0v) is 12.2. The van der Waals surface area contributed by atoms with Gasteiger partial charge in [-0.2, -0.15) is 0 Å². The number of carboxylic acids is 1. The Balaban J connectivity index is 2.23. The molecule has 0 saturated carbocycles. The fourth-order valence-electron chi connectivity index (χ4n) is 2.70. The van der Waals surface area contributed by atoms with Crippen molar-refractivity contribution in [2.75, 3.05) is 20.8 Å². The molecule has 1 aliphatic rings. The number of ether oxygens (including phenoxy) is 2. The molecule has 1 saturated heterocycles. The molecule has 1 fully saturated rings. The third-order valence-electron chi connectivity index (χ3n) is 4.11.